The molecule has 0 bridgehead atoms. The Bertz CT molecular complexity index is 148. The third-order valence-corrected chi connectivity index (χ3v) is 1.10. The van der Waals surface area contributed by atoms with Crippen LogP contribution in [0.5, 0.6) is 0 Å². The molecule has 0 fully saturated rings. The van der Waals surface area contributed by atoms with E-state index in [1.165, 1.54) is 0 Å². The van der Waals surface area contributed by atoms with Crippen molar-refractivity contribution in [2.75, 3.05) is 0 Å². The van der Waals surface area contributed by atoms with Crippen molar-refractivity contribution in [1.29, 1.82) is 0 Å². The minimum atomic E-state index is 1.04. The molecule has 0 heterocycles. The van der Waals surface area contributed by atoms with Crippen molar-refractivity contribution in [1.82, 2.24) is 0 Å². The van der Waals surface area contributed by atoms with Crippen LogP contribution in [0.1, 0.15) is 6.42 Å². The number of hydrogen-bond donors (Lipinski definition) is 0. The van der Waals surface area contributed by atoms with Crippen molar-refractivity contribution >= 4 is 0 Å². The van der Waals surface area contributed by atoms with Gasteiger partial charge in [-0.25, -0.2) is 0 Å². The highest BCUT2D eigenvalue weighted by molar-refractivity contribution is 5.18. The molecule has 0 saturated carbocycles. The van der Waals surface area contributed by atoms with Crippen molar-refractivity contribution in [3.05, 3.63) is 48.6 Å². The molecule has 0 aliphatic heterocycles. The lowest BCUT2D eigenvalue weighted by molar-refractivity contribution is 1.40. The zero-order valence-electron chi connectivity index (χ0n) is 5.33. The molecule has 0 unspecified atom stereocenters. The maximum atomic E-state index is 2.12. The first-order valence-corrected chi connectivity index (χ1v) is 3.15. The summed E-state index contributed by atoms with van der Waals surface area (Å²) in [5, 5.41) is 0. The Morgan fingerprint density at radius 3 is 1.56 bits per heavy atom. The summed E-state index contributed by atoms with van der Waals surface area (Å²) in [6.45, 7) is 0. The summed E-state index contributed by atoms with van der Waals surface area (Å²) in [5.41, 5.74) is 0. The number of hydrogen-bond acceptors (Lipinski definition) is 0. The monoisotopic (exact) mass is 118 g/mol. The molecular weight excluding hydrogens is 108 g/mol. The van der Waals surface area contributed by atoms with Crippen LogP contribution in [0.15, 0.2) is 48.6 Å². The van der Waals surface area contributed by atoms with Crippen LogP contribution in [0.2, 0.25) is 0 Å². The van der Waals surface area contributed by atoms with Gasteiger partial charge in [-0.05, 0) is 6.42 Å². The van der Waals surface area contributed by atoms with Gasteiger partial charge in [-0.15, -0.1) is 0 Å². The van der Waals surface area contributed by atoms with E-state index >= 15 is 0 Å². The van der Waals surface area contributed by atoms with Gasteiger partial charge in [-0.1, -0.05) is 48.6 Å². The smallest absolute Gasteiger partial charge is 0.0163 e. The fourth-order valence-electron chi connectivity index (χ4n) is 0.649. The molecule has 0 aromatic heterocycles. The Kier molecular flexibility index (Phi) is 2.64. The molecule has 0 amide bonds. The Morgan fingerprint density at radius 1 is 0.556 bits per heavy atom. The van der Waals surface area contributed by atoms with Crippen LogP contribution in [-0.4, -0.2) is 0 Å². The first kappa shape index (κ1) is 6.09. The van der Waals surface area contributed by atoms with E-state index in [4.69, 9.17) is 0 Å². The van der Waals surface area contributed by atoms with Gasteiger partial charge in [0.1, 0.15) is 0 Å². The molecule has 0 atom stereocenters. The molecule has 0 nitrogen and oxygen atoms in total. The molecule has 0 radical (unpaired) electrons. The van der Waals surface area contributed by atoms with E-state index < -0.39 is 0 Å². The normalized spacial score (nSPS) is 31.1. The lowest BCUT2D eigenvalue weighted by atomic mass is 10.3. The SMILES string of the molecule is C1=C\C=C\C/C=C/C=C/1. The van der Waals surface area contributed by atoms with E-state index in [0.717, 1.165) is 6.42 Å². The van der Waals surface area contributed by atoms with Crippen LogP contribution >= 0.6 is 0 Å². The number of rotatable bonds is 0. The van der Waals surface area contributed by atoms with Crippen LogP contribution in [0.4, 0.5) is 0 Å². The Hall–Kier alpha value is -1.04. The first-order valence-electron chi connectivity index (χ1n) is 3.15. The summed E-state index contributed by atoms with van der Waals surface area (Å²) in [6.07, 6.45) is 17.5. The van der Waals surface area contributed by atoms with E-state index in [1.54, 1.807) is 0 Å². The average Bonchev–Trinajstić information content (AvgIpc) is 2.00. The van der Waals surface area contributed by atoms with Gasteiger partial charge in [0, 0.05) is 0 Å². The van der Waals surface area contributed by atoms with Gasteiger partial charge in [0.25, 0.3) is 0 Å². The van der Waals surface area contributed by atoms with Gasteiger partial charge in [0.15, 0.2) is 0 Å². The molecular formula is C9H10. The highest BCUT2D eigenvalue weighted by Crippen LogP contribution is 1.91. The van der Waals surface area contributed by atoms with E-state index in [1.807, 2.05) is 24.3 Å². The molecule has 0 aromatic rings. The maximum absolute atomic E-state index is 2.12. The van der Waals surface area contributed by atoms with Gasteiger partial charge in [-0.3, -0.25) is 0 Å². The summed E-state index contributed by atoms with van der Waals surface area (Å²) < 4.78 is 0. The lowest BCUT2D eigenvalue weighted by Crippen LogP contribution is -1.53. The average molecular weight is 118 g/mol. The number of allylic oxidation sites excluding steroid dienone is 8. The molecule has 0 spiro atoms. The summed E-state index contributed by atoms with van der Waals surface area (Å²) in [5.74, 6) is 0. The van der Waals surface area contributed by atoms with Crippen molar-refractivity contribution in [3.8, 4) is 0 Å². The summed E-state index contributed by atoms with van der Waals surface area (Å²) in [4.78, 5) is 0. The molecule has 0 N–H and O–H groups in total. The maximum Gasteiger partial charge on any atom is -0.0163 e. The first-order chi connectivity index (χ1) is 4.50. The Morgan fingerprint density at radius 2 is 1.00 bits per heavy atom. The largest absolute Gasteiger partial charge is 0.0807 e. The van der Waals surface area contributed by atoms with Crippen LogP contribution in [-0.2, 0) is 0 Å². The molecule has 0 heteroatoms. The van der Waals surface area contributed by atoms with Gasteiger partial charge >= 0.3 is 0 Å². The lowest BCUT2D eigenvalue weighted by Gasteiger charge is -1.74. The highest BCUT2D eigenvalue weighted by atomic mass is 13.8. The minimum absolute atomic E-state index is 1.04. The van der Waals surface area contributed by atoms with Gasteiger partial charge < -0.3 is 0 Å². The zero-order valence-corrected chi connectivity index (χ0v) is 5.33. The van der Waals surface area contributed by atoms with Crippen LogP contribution in [0.25, 0.3) is 0 Å². The molecule has 1 aliphatic rings. The third kappa shape index (κ3) is 2.70. The van der Waals surface area contributed by atoms with Crippen molar-refractivity contribution in [2.45, 2.75) is 6.42 Å². The van der Waals surface area contributed by atoms with Gasteiger partial charge in [0.2, 0.25) is 0 Å². The van der Waals surface area contributed by atoms with E-state index in [-0.39, 0.29) is 0 Å². The molecule has 1 aliphatic carbocycles. The van der Waals surface area contributed by atoms with E-state index in [0.29, 0.717) is 0 Å². The second-order valence-corrected chi connectivity index (χ2v) is 1.86. The Balaban J connectivity index is 2.60. The predicted molar refractivity (Wildman–Crippen MR) is 41.2 cm³/mol. The predicted octanol–water partition coefficient (Wildman–Crippen LogP) is 2.61. The van der Waals surface area contributed by atoms with Crippen molar-refractivity contribution < 1.29 is 0 Å². The zero-order chi connectivity index (χ0) is 6.36. The molecule has 0 aromatic carbocycles. The fraction of sp³-hybridized carbons (Fsp3) is 0.111. The standard InChI is InChI=1S/C9H10/c1-2-4-6-8-9-7-5-3-1/h1-8H,9H2/b3-1-,4-2+,7-5+,8-6+. The second kappa shape index (κ2) is 3.90. The molecule has 0 saturated heterocycles. The van der Waals surface area contributed by atoms with E-state index in [2.05, 4.69) is 24.3 Å². The van der Waals surface area contributed by atoms with Gasteiger partial charge in [0.05, 0.1) is 0 Å². The molecule has 9 heavy (non-hydrogen) atoms. The minimum Gasteiger partial charge on any atom is -0.0807 e. The Labute approximate surface area is 55.9 Å². The topological polar surface area (TPSA) is 0 Å². The van der Waals surface area contributed by atoms with Gasteiger partial charge in [-0.2, -0.15) is 0 Å². The van der Waals surface area contributed by atoms with Crippen LogP contribution in [0, 0.1) is 0 Å². The summed E-state index contributed by atoms with van der Waals surface area (Å²) in [7, 11) is 0. The van der Waals surface area contributed by atoms with Crippen molar-refractivity contribution in [3.63, 3.8) is 0 Å². The fourth-order valence-corrected chi connectivity index (χ4v) is 0.649. The summed E-state index contributed by atoms with van der Waals surface area (Å²) >= 11 is 0. The molecule has 46 valence electrons. The third-order valence-electron chi connectivity index (χ3n) is 1.10. The van der Waals surface area contributed by atoms with Crippen LogP contribution in [0.3, 0.4) is 0 Å². The van der Waals surface area contributed by atoms with Crippen LogP contribution < -0.4 is 0 Å². The van der Waals surface area contributed by atoms with E-state index in [9.17, 15) is 0 Å². The highest BCUT2D eigenvalue weighted by Gasteiger charge is 1.70. The second-order valence-electron chi connectivity index (χ2n) is 1.86. The molecule has 1 rings (SSSR count). The van der Waals surface area contributed by atoms with Crippen molar-refractivity contribution in [2.24, 2.45) is 0 Å². The summed E-state index contributed by atoms with van der Waals surface area (Å²) in [6, 6.07) is 0. The quantitative estimate of drug-likeness (QED) is 0.458.